The fourth-order valence-electron chi connectivity index (χ4n) is 1.99. The summed E-state index contributed by atoms with van der Waals surface area (Å²) < 4.78 is 5.31. The number of nitrogens with two attached hydrogens (primary N) is 1. The van der Waals surface area contributed by atoms with Gasteiger partial charge in [-0.2, -0.15) is 0 Å². The number of para-hydroxylation sites is 1. The smallest absolute Gasteiger partial charge is 0.221 e. The lowest BCUT2D eigenvalue weighted by Gasteiger charge is -2.31. The minimum Gasteiger partial charge on any atom is -0.397 e. The first kappa shape index (κ1) is 11.7. The molecule has 1 aromatic carbocycles. The number of nitrogen functional groups attached to an aromatic ring is 1. The molecule has 1 heterocycles. The molecule has 0 spiro atoms. The molecule has 0 radical (unpaired) electrons. The van der Waals surface area contributed by atoms with Gasteiger partial charge in [0.15, 0.2) is 0 Å². The minimum absolute atomic E-state index is 0.0925. The average molecular weight is 235 g/mol. The number of nitrogens with one attached hydrogen (secondary N) is 1. The molecule has 92 valence electrons. The van der Waals surface area contributed by atoms with Crippen LogP contribution in [0.2, 0.25) is 0 Å². The highest BCUT2D eigenvalue weighted by Gasteiger charge is 2.17. The first-order valence-electron chi connectivity index (χ1n) is 5.67. The van der Waals surface area contributed by atoms with Gasteiger partial charge in [-0.15, -0.1) is 0 Å². The van der Waals surface area contributed by atoms with Crippen molar-refractivity contribution in [2.75, 3.05) is 42.3 Å². The fraction of sp³-hybridized carbons (Fsp3) is 0.417. The van der Waals surface area contributed by atoms with Gasteiger partial charge in [0.2, 0.25) is 5.91 Å². The molecule has 1 aliphatic rings. The van der Waals surface area contributed by atoms with Crippen LogP contribution in [-0.4, -0.2) is 32.2 Å². The summed E-state index contributed by atoms with van der Waals surface area (Å²) in [4.78, 5) is 13.3. The van der Waals surface area contributed by atoms with Crippen LogP contribution in [0.3, 0.4) is 0 Å². The highest BCUT2D eigenvalue weighted by Crippen LogP contribution is 2.32. The third kappa shape index (κ3) is 2.68. The second kappa shape index (κ2) is 5.05. The van der Waals surface area contributed by atoms with Crippen LogP contribution in [0.25, 0.3) is 0 Å². The molecule has 0 aromatic heterocycles. The second-order valence-electron chi connectivity index (χ2n) is 4.02. The molecule has 1 fully saturated rings. The van der Waals surface area contributed by atoms with Crippen molar-refractivity contribution in [1.82, 2.24) is 0 Å². The molecular formula is C12H17N3O2. The Morgan fingerprint density at radius 3 is 2.76 bits per heavy atom. The van der Waals surface area contributed by atoms with Crippen LogP contribution in [-0.2, 0) is 9.53 Å². The summed E-state index contributed by atoms with van der Waals surface area (Å²) in [6, 6.07) is 5.54. The summed E-state index contributed by atoms with van der Waals surface area (Å²) in [6.07, 6.45) is 0. The van der Waals surface area contributed by atoms with E-state index >= 15 is 0 Å². The number of benzene rings is 1. The van der Waals surface area contributed by atoms with Crippen LogP contribution in [0.1, 0.15) is 6.92 Å². The van der Waals surface area contributed by atoms with E-state index in [1.54, 1.807) is 0 Å². The van der Waals surface area contributed by atoms with Crippen molar-refractivity contribution in [1.29, 1.82) is 0 Å². The van der Waals surface area contributed by atoms with E-state index in [2.05, 4.69) is 10.2 Å². The third-order valence-corrected chi connectivity index (χ3v) is 2.71. The van der Waals surface area contributed by atoms with Crippen molar-refractivity contribution < 1.29 is 9.53 Å². The molecule has 0 atom stereocenters. The number of rotatable bonds is 2. The van der Waals surface area contributed by atoms with Crippen molar-refractivity contribution in [3.8, 4) is 0 Å². The number of morpholine rings is 1. The standard InChI is InChI=1S/C12H17N3O2/c1-9(16)14-11-4-2-3-10(13)12(11)15-5-7-17-8-6-15/h2-4H,5-8,13H2,1H3,(H,14,16). The maximum absolute atomic E-state index is 11.2. The molecule has 0 saturated carbocycles. The van der Waals surface area contributed by atoms with E-state index in [4.69, 9.17) is 10.5 Å². The number of carbonyl (C=O) groups excluding carboxylic acids is 1. The Labute approximate surface area is 101 Å². The molecule has 0 aliphatic carbocycles. The van der Waals surface area contributed by atoms with Gasteiger partial charge >= 0.3 is 0 Å². The molecule has 3 N–H and O–H groups in total. The predicted octanol–water partition coefficient (Wildman–Crippen LogP) is 1.06. The van der Waals surface area contributed by atoms with Crippen LogP contribution < -0.4 is 16.0 Å². The first-order valence-corrected chi connectivity index (χ1v) is 5.67. The molecule has 2 rings (SSSR count). The molecule has 17 heavy (non-hydrogen) atoms. The zero-order valence-corrected chi connectivity index (χ0v) is 9.90. The van der Waals surface area contributed by atoms with Gasteiger partial charge in [-0.25, -0.2) is 0 Å². The van der Waals surface area contributed by atoms with Gasteiger partial charge < -0.3 is 20.7 Å². The van der Waals surface area contributed by atoms with E-state index < -0.39 is 0 Å². The monoisotopic (exact) mass is 235 g/mol. The summed E-state index contributed by atoms with van der Waals surface area (Å²) >= 11 is 0. The zero-order valence-electron chi connectivity index (χ0n) is 9.90. The van der Waals surface area contributed by atoms with E-state index in [0.717, 1.165) is 24.5 Å². The lowest BCUT2D eigenvalue weighted by Crippen LogP contribution is -2.37. The van der Waals surface area contributed by atoms with Gasteiger partial charge in [-0.1, -0.05) is 6.07 Å². The van der Waals surface area contributed by atoms with E-state index in [9.17, 15) is 4.79 Å². The lowest BCUT2D eigenvalue weighted by atomic mass is 10.2. The van der Waals surface area contributed by atoms with Gasteiger partial charge in [0.1, 0.15) is 0 Å². The topological polar surface area (TPSA) is 67.6 Å². The van der Waals surface area contributed by atoms with Crippen LogP contribution in [0.5, 0.6) is 0 Å². The molecule has 0 unspecified atom stereocenters. The lowest BCUT2D eigenvalue weighted by molar-refractivity contribution is -0.114. The Morgan fingerprint density at radius 2 is 2.12 bits per heavy atom. The SMILES string of the molecule is CC(=O)Nc1cccc(N)c1N1CCOCC1. The summed E-state index contributed by atoms with van der Waals surface area (Å²) in [5.41, 5.74) is 8.33. The van der Waals surface area contributed by atoms with Crippen LogP contribution in [0, 0.1) is 0 Å². The maximum atomic E-state index is 11.2. The summed E-state index contributed by atoms with van der Waals surface area (Å²) in [6.45, 7) is 4.45. The van der Waals surface area contributed by atoms with E-state index in [1.165, 1.54) is 6.92 Å². The highest BCUT2D eigenvalue weighted by atomic mass is 16.5. The van der Waals surface area contributed by atoms with Crippen molar-refractivity contribution in [3.63, 3.8) is 0 Å². The number of amides is 1. The molecule has 1 aromatic rings. The third-order valence-electron chi connectivity index (χ3n) is 2.71. The van der Waals surface area contributed by atoms with Gasteiger partial charge in [0, 0.05) is 20.0 Å². The molecular weight excluding hydrogens is 218 g/mol. The number of nitrogens with zero attached hydrogens (tertiary/aromatic N) is 1. The Kier molecular flexibility index (Phi) is 3.49. The number of hydrogen-bond acceptors (Lipinski definition) is 4. The molecule has 1 saturated heterocycles. The Morgan fingerprint density at radius 1 is 1.41 bits per heavy atom. The minimum atomic E-state index is -0.0925. The van der Waals surface area contributed by atoms with Crippen LogP contribution >= 0.6 is 0 Å². The Bertz CT molecular complexity index is 414. The van der Waals surface area contributed by atoms with Crippen molar-refractivity contribution in [2.45, 2.75) is 6.92 Å². The second-order valence-corrected chi connectivity index (χ2v) is 4.02. The van der Waals surface area contributed by atoms with Crippen LogP contribution in [0.4, 0.5) is 17.1 Å². The average Bonchev–Trinajstić information content (AvgIpc) is 2.29. The van der Waals surface area contributed by atoms with E-state index in [0.29, 0.717) is 18.9 Å². The van der Waals surface area contributed by atoms with Crippen molar-refractivity contribution in [3.05, 3.63) is 18.2 Å². The molecule has 5 heteroatoms. The summed E-state index contributed by atoms with van der Waals surface area (Å²) in [5, 5.41) is 2.81. The number of hydrogen-bond donors (Lipinski definition) is 2. The first-order chi connectivity index (χ1) is 8.18. The van der Waals surface area contributed by atoms with Crippen LogP contribution in [0.15, 0.2) is 18.2 Å². The quantitative estimate of drug-likeness (QED) is 0.752. The number of ether oxygens (including phenoxy) is 1. The Hall–Kier alpha value is -1.75. The zero-order chi connectivity index (χ0) is 12.3. The van der Waals surface area contributed by atoms with Gasteiger partial charge in [0.05, 0.1) is 30.3 Å². The maximum Gasteiger partial charge on any atom is 0.221 e. The molecule has 0 bridgehead atoms. The number of anilines is 3. The van der Waals surface area contributed by atoms with Crippen molar-refractivity contribution >= 4 is 23.0 Å². The number of carbonyl (C=O) groups is 1. The van der Waals surface area contributed by atoms with Gasteiger partial charge in [0.25, 0.3) is 0 Å². The Balaban J connectivity index is 2.31. The summed E-state index contributed by atoms with van der Waals surface area (Å²) in [5.74, 6) is -0.0925. The molecule has 1 aliphatic heterocycles. The normalized spacial score (nSPS) is 15.7. The largest absolute Gasteiger partial charge is 0.397 e. The van der Waals surface area contributed by atoms with E-state index in [1.807, 2.05) is 18.2 Å². The van der Waals surface area contributed by atoms with Gasteiger partial charge in [-0.3, -0.25) is 4.79 Å². The summed E-state index contributed by atoms with van der Waals surface area (Å²) in [7, 11) is 0. The molecule has 5 nitrogen and oxygen atoms in total. The van der Waals surface area contributed by atoms with Crippen molar-refractivity contribution in [2.24, 2.45) is 0 Å². The molecule has 1 amide bonds. The fourth-order valence-corrected chi connectivity index (χ4v) is 1.99. The predicted molar refractivity (Wildman–Crippen MR) is 68.2 cm³/mol. The highest BCUT2D eigenvalue weighted by molar-refractivity contribution is 5.95. The van der Waals surface area contributed by atoms with Gasteiger partial charge in [-0.05, 0) is 12.1 Å². The van der Waals surface area contributed by atoms with E-state index in [-0.39, 0.29) is 5.91 Å².